The molecule has 2 aromatic carbocycles. The number of nitrogens with one attached hydrogen (secondary N) is 1. The maximum atomic E-state index is 12.1. The lowest BCUT2D eigenvalue weighted by Gasteiger charge is -2.16. The van der Waals surface area contributed by atoms with Gasteiger partial charge < -0.3 is 10.1 Å². The van der Waals surface area contributed by atoms with Gasteiger partial charge in [-0.15, -0.1) is 0 Å². The van der Waals surface area contributed by atoms with Crippen LogP contribution < -0.4 is 10.1 Å². The first kappa shape index (κ1) is 16.0. The van der Waals surface area contributed by atoms with E-state index in [-0.39, 0.29) is 5.91 Å². The van der Waals surface area contributed by atoms with Crippen LogP contribution in [0.15, 0.2) is 42.5 Å². The molecule has 0 heterocycles. The minimum atomic E-state index is -0.753. The molecule has 0 aliphatic rings. The third-order valence-corrected chi connectivity index (χ3v) is 3.57. The SMILES string of the molecule is C[C@@H](Oc1cc(Cl)ccc1Cl)C(=O)Nc1ccccc1Cl. The summed E-state index contributed by atoms with van der Waals surface area (Å²) in [5.74, 6) is 0.0186. The molecule has 0 saturated carbocycles. The van der Waals surface area contributed by atoms with Crippen molar-refractivity contribution < 1.29 is 9.53 Å². The van der Waals surface area contributed by atoms with Crippen LogP contribution in [-0.2, 0) is 4.79 Å². The van der Waals surface area contributed by atoms with Gasteiger partial charge in [-0.05, 0) is 31.2 Å². The van der Waals surface area contributed by atoms with Crippen LogP contribution in [-0.4, -0.2) is 12.0 Å². The molecule has 110 valence electrons. The van der Waals surface area contributed by atoms with Gasteiger partial charge in [-0.3, -0.25) is 4.79 Å². The van der Waals surface area contributed by atoms with Crippen LogP contribution >= 0.6 is 34.8 Å². The molecule has 0 unspecified atom stereocenters. The topological polar surface area (TPSA) is 38.3 Å². The van der Waals surface area contributed by atoms with E-state index in [1.54, 1.807) is 49.4 Å². The van der Waals surface area contributed by atoms with E-state index in [0.29, 0.717) is 26.5 Å². The second-order valence-electron chi connectivity index (χ2n) is 4.30. The van der Waals surface area contributed by atoms with E-state index in [1.165, 1.54) is 0 Å². The van der Waals surface area contributed by atoms with E-state index in [4.69, 9.17) is 39.5 Å². The summed E-state index contributed by atoms with van der Waals surface area (Å²) in [6.07, 6.45) is -0.753. The van der Waals surface area contributed by atoms with Crippen molar-refractivity contribution in [2.45, 2.75) is 13.0 Å². The van der Waals surface area contributed by atoms with Gasteiger partial charge in [0, 0.05) is 11.1 Å². The quantitative estimate of drug-likeness (QED) is 0.842. The summed E-state index contributed by atoms with van der Waals surface area (Å²) in [7, 11) is 0. The zero-order chi connectivity index (χ0) is 15.4. The Hall–Kier alpha value is -1.42. The third-order valence-electron chi connectivity index (χ3n) is 2.70. The number of amides is 1. The van der Waals surface area contributed by atoms with Crippen LogP contribution in [0.2, 0.25) is 15.1 Å². The van der Waals surface area contributed by atoms with Crippen molar-refractivity contribution in [3.8, 4) is 5.75 Å². The molecular weight excluding hydrogens is 333 g/mol. The van der Waals surface area contributed by atoms with Gasteiger partial charge in [0.2, 0.25) is 0 Å². The number of carbonyl (C=O) groups is 1. The highest BCUT2D eigenvalue weighted by Gasteiger charge is 2.17. The molecule has 1 amide bonds. The fourth-order valence-electron chi connectivity index (χ4n) is 1.61. The van der Waals surface area contributed by atoms with Crippen molar-refractivity contribution >= 4 is 46.4 Å². The lowest BCUT2D eigenvalue weighted by Crippen LogP contribution is -2.30. The van der Waals surface area contributed by atoms with Crippen molar-refractivity contribution in [1.29, 1.82) is 0 Å². The largest absolute Gasteiger partial charge is 0.479 e. The Labute approximate surface area is 137 Å². The highest BCUT2D eigenvalue weighted by atomic mass is 35.5. The molecule has 0 aromatic heterocycles. The Kier molecular flexibility index (Phi) is 5.34. The maximum absolute atomic E-state index is 12.1. The number of hydrogen-bond acceptors (Lipinski definition) is 2. The van der Waals surface area contributed by atoms with Gasteiger partial charge in [0.1, 0.15) is 5.75 Å². The summed E-state index contributed by atoms with van der Waals surface area (Å²) >= 11 is 17.9. The molecule has 3 nitrogen and oxygen atoms in total. The Balaban J connectivity index is 2.06. The lowest BCUT2D eigenvalue weighted by atomic mass is 10.3. The van der Waals surface area contributed by atoms with Gasteiger partial charge in [0.25, 0.3) is 5.91 Å². The summed E-state index contributed by atoms with van der Waals surface area (Å²) in [5.41, 5.74) is 0.525. The average Bonchev–Trinajstić information content (AvgIpc) is 2.45. The van der Waals surface area contributed by atoms with Crippen LogP contribution in [0.3, 0.4) is 0 Å². The first-order valence-electron chi connectivity index (χ1n) is 6.14. The Morgan fingerprint density at radius 1 is 1.10 bits per heavy atom. The zero-order valence-corrected chi connectivity index (χ0v) is 13.3. The first-order valence-corrected chi connectivity index (χ1v) is 7.28. The summed E-state index contributed by atoms with van der Waals surface area (Å²) < 4.78 is 5.53. The zero-order valence-electron chi connectivity index (χ0n) is 11.1. The number of hydrogen-bond donors (Lipinski definition) is 1. The van der Waals surface area contributed by atoms with Crippen LogP contribution in [0, 0.1) is 0 Å². The molecular formula is C15H12Cl3NO2. The number of anilines is 1. The Morgan fingerprint density at radius 2 is 1.81 bits per heavy atom. The van der Waals surface area contributed by atoms with E-state index < -0.39 is 6.10 Å². The number of para-hydroxylation sites is 1. The molecule has 6 heteroatoms. The smallest absolute Gasteiger partial charge is 0.265 e. The first-order chi connectivity index (χ1) is 9.97. The van der Waals surface area contributed by atoms with Crippen molar-refractivity contribution in [2.24, 2.45) is 0 Å². The number of benzene rings is 2. The summed E-state index contributed by atoms with van der Waals surface area (Å²) in [5, 5.41) is 4.02. The number of ether oxygens (including phenoxy) is 1. The molecule has 0 aliphatic heterocycles. The van der Waals surface area contributed by atoms with Crippen LogP contribution in [0.5, 0.6) is 5.75 Å². The second kappa shape index (κ2) is 7.03. The van der Waals surface area contributed by atoms with Gasteiger partial charge in [0.05, 0.1) is 15.7 Å². The van der Waals surface area contributed by atoms with Gasteiger partial charge in [0.15, 0.2) is 6.10 Å². The molecule has 0 fully saturated rings. The minimum Gasteiger partial charge on any atom is -0.479 e. The van der Waals surface area contributed by atoms with Gasteiger partial charge in [-0.25, -0.2) is 0 Å². The predicted molar refractivity (Wildman–Crippen MR) is 86.6 cm³/mol. The van der Waals surface area contributed by atoms with E-state index >= 15 is 0 Å². The molecule has 0 radical (unpaired) electrons. The number of halogens is 3. The van der Waals surface area contributed by atoms with Crippen molar-refractivity contribution in [2.75, 3.05) is 5.32 Å². The molecule has 0 spiro atoms. The van der Waals surface area contributed by atoms with Crippen molar-refractivity contribution in [3.05, 3.63) is 57.5 Å². The molecule has 21 heavy (non-hydrogen) atoms. The van der Waals surface area contributed by atoms with E-state index in [0.717, 1.165) is 0 Å². The molecule has 2 rings (SSSR count). The van der Waals surface area contributed by atoms with E-state index in [1.807, 2.05) is 0 Å². The van der Waals surface area contributed by atoms with E-state index in [9.17, 15) is 4.79 Å². The maximum Gasteiger partial charge on any atom is 0.265 e. The third kappa shape index (κ3) is 4.27. The highest BCUT2D eigenvalue weighted by molar-refractivity contribution is 6.34. The van der Waals surface area contributed by atoms with Crippen molar-refractivity contribution in [1.82, 2.24) is 0 Å². The van der Waals surface area contributed by atoms with Crippen LogP contribution in [0.4, 0.5) is 5.69 Å². The Morgan fingerprint density at radius 3 is 2.52 bits per heavy atom. The standard InChI is InChI=1S/C15H12Cl3NO2/c1-9(21-14-8-10(16)6-7-12(14)18)15(20)19-13-5-3-2-4-11(13)17/h2-9H,1H3,(H,19,20)/t9-/m1/s1. The fourth-order valence-corrected chi connectivity index (χ4v) is 2.12. The fraction of sp³-hybridized carbons (Fsp3) is 0.133. The normalized spacial score (nSPS) is 11.8. The van der Waals surface area contributed by atoms with Crippen LogP contribution in [0.25, 0.3) is 0 Å². The second-order valence-corrected chi connectivity index (χ2v) is 5.55. The lowest BCUT2D eigenvalue weighted by molar-refractivity contribution is -0.122. The van der Waals surface area contributed by atoms with Gasteiger partial charge >= 0.3 is 0 Å². The molecule has 1 N–H and O–H groups in total. The van der Waals surface area contributed by atoms with Gasteiger partial charge in [-0.1, -0.05) is 46.9 Å². The monoisotopic (exact) mass is 343 g/mol. The minimum absolute atomic E-state index is 0.334. The number of rotatable bonds is 4. The Bertz CT molecular complexity index is 661. The van der Waals surface area contributed by atoms with Crippen molar-refractivity contribution in [3.63, 3.8) is 0 Å². The van der Waals surface area contributed by atoms with Gasteiger partial charge in [-0.2, -0.15) is 0 Å². The number of carbonyl (C=O) groups excluding carboxylic acids is 1. The van der Waals surface area contributed by atoms with E-state index in [2.05, 4.69) is 5.32 Å². The molecule has 0 saturated heterocycles. The summed E-state index contributed by atoms with van der Waals surface area (Å²) in [6.45, 7) is 1.61. The molecule has 2 aromatic rings. The molecule has 1 atom stereocenters. The summed E-state index contributed by atoms with van der Waals surface area (Å²) in [4.78, 5) is 12.1. The predicted octanol–water partition coefficient (Wildman–Crippen LogP) is 5.05. The summed E-state index contributed by atoms with van der Waals surface area (Å²) in [6, 6.07) is 11.8. The molecule has 0 aliphatic carbocycles. The average molecular weight is 345 g/mol. The highest BCUT2D eigenvalue weighted by Crippen LogP contribution is 2.29. The van der Waals surface area contributed by atoms with Crippen LogP contribution in [0.1, 0.15) is 6.92 Å². The molecule has 0 bridgehead atoms.